The summed E-state index contributed by atoms with van der Waals surface area (Å²) in [5.41, 5.74) is 0.905. The van der Waals surface area contributed by atoms with Crippen LogP contribution in [0.4, 0.5) is 5.69 Å². The third kappa shape index (κ3) is 3.39. The van der Waals surface area contributed by atoms with Gasteiger partial charge in [0.25, 0.3) is 0 Å². The lowest BCUT2D eigenvalue weighted by atomic mass is 10.1. The maximum Gasteiger partial charge on any atom is 0.249 e. The first-order valence-corrected chi connectivity index (χ1v) is 8.48. The van der Waals surface area contributed by atoms with Crippen molar-refractivity contribution in [2.75, 3.05) is 24.6 Å². The molecule has 2 aliphatic heterocycles. The summed E-state index contributed by atoms with van der Waals surface area (Å²) >= 11 is 0. The second-order valence-corrected chi connectivity index (χ2v) is 6.15. The highest BCUT2D eigenvalue weighted by atomic mass is 16.5. The van der Waals surface area contributed by atoms with Crippen LogP contribution in [0.1, 0.15) is 32.6 Å². The predicted octanol–water partition coefficient (Wildman–Crippen LogP) is 2.21. The number of amides is 2. The van der Waals surface area contributed by atoms with Gasteiger partial charge < -0.3 is 14.5 Å². The number of rotatable bonds is 5. The van der Waals surface area contributed by atoms with Gasteiger partial charge in [-0.3, -0.25) is 9.59 Å². The molecule has 0 saturated carbocycles. The summed E-state index contributed by atoms with van der Waals surface area (Å²) in [6.45, 7) is 3.90. The Hall–Kier alpha value is -1.88. The molecule has 124 valence electrons. The van der Waals surface area contributed by atoms with E-state index in [4.69, 9.17) is 4.74 Å². The fraction of sp³-hybridized carbons (Fsp3) is 0.556. The Balaban J connectivity index is 1.67. The predicted molar refractivity (Wildman–Crippen MR) is 88.2 cm³/mol. The molecule has 0 unspecified atom stereocenters. The van der Waals surface area contributed by atoms with Gasteiger partial charge in [-0.05, 0) is 38.3 Å². The SMILES string of the molecule is CCN(C(=O)C[C@H]1CCCO1)[C@H]1CCN(c2ccccc2)C1=O. The van der Waals surface area contributed by atoms with E-state index in [2.05, 4.69) is 0 Å². The Bertz CT molecular complexity index is 555. The molecule has 5 heteroatoms. The van der Waals surface area contributed by atoms with Crippen LogP contribution in [-0.2, 0) is 14.3 Å². The van der Waals surface area contributed by atoms with Crippen LogP contribution in [0, 0.1) is 0 Å². The van der Waals surface area contributed by atoms with Crippen LogP contribution in [0.25, 0.3) is 0 Å². The molecular formula is C18H24N2O3. The molecule has 1 aromatic carbocycles. The van der Waals surface area contributed by atoms with Crippen molar-refractivity contribution < 1.29 is 14.3 Å². The number of hydrogen-bond donors (Lipinski definition) is 0. The fourth-order valence-electron chi connectivity index (χ4n) is 3.51. The Kier molecular flexibility index (Phi) is 4.96. The Morgan fingerprint density at radius 3 is 2.74 bits per heavy atom. The monoisotopic (exact) mass is 316 g/mol. The van der Waals surface area contributed by atoms with Gasteiger partial charge in [0.1, 0.15) is 6.04 Å². The van der Waals surface area contributed by atoms with E-state index in [0.29, 0.717) is 25.9 Å². The van der Waals surface area contributed by atoms with E-state index in [0.717, 1.165) is 25.1 Å². The molecule has 3 rings (SSSR count). The van der Waals surface area contributed by atoms with Crippen molar-refractivity contribution in [2.45, 2.75) is 44.8 Å². The minimum absolute atomic E-state index is 0.0262. The van der Waals surface area contributed by atoms with Crippen LogP contribution in [0.3, 0.4) is 0 Å². The molecular weight excluding hydrogens is 292 g/mol. The molecule has 2 amide bonds. The van der Waals surface area contributed by atoms with Crippen molar-refractivity contribution in [1.82, 2.24) is 4.90 Å². The van der Waals surface area contributed by atoms with E-state index in [1.54, 1.807) is 9.80 Å². The zero-order valence-electron chi connectivity index (χ0n) is 13.6. The quantitative estimate of drug-likeness (QED) is 0.837. The number of ether oxygens (including phenoxy) is 1. The highest BCUT2D eigenvalue weighted by Crippen LogP contribution is 2.25. The number of benzene rings is 1. The number of anilines is 1. The molecule has 0 aliphatic carbocycles. The molecule has 0 bridgehead atoms. The molecule has 23 heavy (non-hydrogen) atoms. The first-order chi connectivity index (χ1) is 11.2. The van der Waals surface area contributed by atoms with E-state index in [1.165, 1.54) is 0 Å². The fourth-order valence-corrected chi connectivity index (χ4v) is 3.51. The van der Waals surface area contributed by atoms with Crippen LogP contribution in [0.5, 0.6) is 0 Å². The van der Waals surface area contributed by atoms with Gasteiger partial charge in [0.2, 0.25) is 11.8 Å². The van der Waals surface area contributed by atoms with E-state index < -0.39 is 0 Å². The molecule has 2 heterocycles. The van der Waals surface area contributed by atoms with Gasteiger partial charge in [0, 0.05) is 25.4 Å². The molecule has 1 aromatic rings. The number of hydrogen-bond acceptors (Lipinski definition) is 3. The van der Waals surface area contributed by atoms with Crippen molar-refractivity contribution in [3.05, 3.63) is 30.3 Å². The Morgan fingerprint density at radius 1 is 1.30 bits per heavy atom. The van der Waals surface area contributed by atoms with Crippen molar-refractivity contribution >= 4 is 17.5 Å². The third-order valence-electron chi connectivity index (χ3n) is 4.71. The average Bonchev–Trinajstić information content (AvgIpc) is 3.20. The first kappa shape index (κ1) is 16.0. The molecule has 2 saturated heterocycles. The topological polar surface area (TPSA) is 49.9 Å². The van der Waals surface area contributed by atoms with Crippen molar-refractivity contribution in [1.29, 1.82) is 0 Å². The number of nitrogens with zero attached hydrogens (tertiary/aromatic N) is 2. The summed E-state index contributed by atoms with van der Waals surface area (Å²) in [6, 6.07) is 9.32. The van der Waals surface area contributed by atoms with Gasteiger partial charge >= 0.3 is 0 Å². The molecule has 0 radical (unpaired) electrons. The second-order valence-electron chi connectivity index (χ2n) is 6.15. The van der Waals surface area contributed by atoms with Gasteiger partial charge in [0.05, 0.1) is 12.5 Å². The van der Waals surface area contributed by atoms with Crippen molar-refractivity contribution in [3.63, 3.8) is 0 Å². The normalized spacial score (nSPS) is 24.2. The highest BCUT2D eigenvalue weighted by Gasteiger charge is 2.38. The lowest BCUT2D eigenvalue weighted by Crippen LogP contribution is -2.46. The summed E-state index contributed by atoms with van der Waals surface area (Å²) in [7, 11) is 0. The number of likely N-dealkylation sites (N-methyl/N-ethyl adjacent to an activating group) is 1. The number of para-hydroxylation sites is 1. The van der Waals surface area contributed by atoms with Gasteiger partial charge in [-0.1, -0.05) is 18.2 Å². The second kappa shape index (κ2) is 7.13. The van der Waals surface area contributed by atoms with Crippen LogP contribution in [0.15, 0.2) is 30.3 Å². The van der Waals surface area contributed by atoms with Crippen LogP contribution < -0.4 is 4.90 Å². The molecule has 0 spiro atoms. The van der Waals surface area contributed by atoms with Gasteiger partial charge in [-0.15, -0.1) is 0 Å². The molecule has 0 N–H and O–H groups in total. The third-order valence-corrected chi connectivity index (χ3v) is 4.71. The molecule has 2 fully saturated rings. The molecule has 2 atom stereocenters. The summed E-state index contributed by atoms with van der Waals surface area (Å²) < 4.78 is 5.56. The van der Waals surface area contributed by atoms with E-state index in [9.17, 15) is 9.59 Å². The highest BCUT2D eigenvalue weighted by molar-refractivity contribution is 6.01. The van der Waals surface area contributed by atoms with E-state index >= 15 is 0 Å². The van der Waals surface area contributed by atoms with Crippen molar-refractivity contribution in [2.24, 2.45) is 0 Å². The number of carbonyl (C=O) groups is 2. The summed E-state index contributed by atoms with van der Waals surface area (Å²) in [5.74, 6) is 0.0615. The van der Waals surface area contributed by atoms with Gasteiger partial charge in [-0.25, -0.2) is 0 Å². The lowest BCUT2D eigenvalue weighted by molar-refractivity contribution is -0.139. The van der Waals surface area contributed by atoms with Gasteiger partial charge in [0.15, 0.2) is 0 Å². The largest absolute Gasteiger partial charge is 0.378 e. The van der Waals surface area contributed by atoms with Crippen LogP contribution in [-0.4, -0.2) is 48.6 Å². The molecule has 2 aliphatic rings. The maximum absolute atomic E-state index is 12.7. The standard InChI is InChI=1S/C18H24N2O3/c1-2-19(17(21)13-15-9-6-12-23-15)16-10-11-20(18(16)22)14-7-4-3-5-8-14/h3-5,7-8,15-16H,2,6,9-13H2,1H3/t15-,16+/m1/s1. The summed E-state index contributed by atoms with van der Waals surface area (Å²) in [4.78, 5) is 28.8. The first-order valence-electron chi connectivity index (χ1n) is 8.48. The minimum atomic E-state index is -0.339. The van der Waals surface area contributed by atoms with Crippen molar-refractivity contribution in [3.8, 4) is 0 Å². The molecule has 5 nitrogen and oxygen atoms in total. The smallest absolute Gasteiger partial charge is 0.249 e. The van der Waals surface area contributed by atoms with E-state index in [-0.39, 0.29) is 24.0 Å². The Morgan fingerprint density at radius 2 is 2.09 bits per heavy atom. The van der Waals surface area contributed by atoms with Gasteiger partial charge in [-0.2, -0.15) is 0 Å². The average molecular weight is 316 g/mol. The zero-order chi connectivity index (χ0) is 16.2. The van der Waals surface area contributed by atoms with Crippen LogP contribution in [0.2, 0.25) is 0 Å². The summed E-state index contributed by atoms with van der Waals surface area (Å²) in [6.07, 6.45) is 3.08. The Labute approximate surface area is 137 Å². The lowest BCUT2D eigenvalue weighted by Gasteiger charge is -2.28. The summed E-state index contributed by atoms with van der Waals surface area (Å²) in [5, 5.41) is 0. The van der Waals surface area contributed by atoms with E-state index in [1.807, 2.05) is 37.3 Å². The number of carbonyl (C=O) groups excluding carboxylic acids is 2. The zero-order valence-corrected chi connectivity index (χ0v) is 13.6. The maximum atomic E-state index is 12.7. The molecule has 0 aromatic heterocycles. The minimum Gasteiger partial charge on any atom is -0.378 e. The van der Waals surface area contributed by atoms with Crippen LogP contribution >= 0.6 is 0 Å².